The van der Waals surface area contributed by atoms with Crippen LogP contribution >= 0.6 is 15.9 Å². The van der Waals surface area contributed by atoms with Crippen LogP contribution in [0.5, 0.6) is 11.5 Å². The largest absolute Gasteiger partial charge is 0.493 e. The summed E-state index contributed by atoms with van der Waals surface area (Å²) in [7, 11) is 1.73. The van der Waals surface area contributed by atoms with Crippen molar-refractivity contribution in [3.05, 3.63) is 22.2 Å². The molecule has 2 aliphatic rings. The first-order chi connectivity index (χ1) is 11.2. The lowest BCUT2D eigenvalue weighted by molar-refractivity contribution is 0.189. The molecule has 2 saturated carbocycles. The van der Waals surface area contributed by atoms with Crippen molar-refractivity contribution in [1.82, 2.24) is 0 Å². The van der Waals surface area contributed by atoms with Crippen LogP contribution in [0.3, 0.4) is 0 Å². The molecule has 0 unspecified atom stereocenters. The number of benzene rings is 1. The van der Waals surface area contributed by atoms with Gasteiger partial charge in [-0.25, -0.2) is 0 Å². The summed E-state index contributed by atoms with van der Waals surface area (Å²) in [5, 5.41) is 0. The summed E-state index contributed by atoms with van der Waals surface area (Å²) >= 11 is 3.64. The van der Waals surface area contributed by atoms with E-state index in [2.05, 4.69) is 22.0 Å². The molecule has 3 rings (SSSR count). The van der Waals surface area contributed by atoms with Gasteiger partial charge in [0, 0.05) is 22.0 Å². The zero-order valence-electron chi connectivity index (χ0n) is 14.1. The van der Waals surface area contributed by atoms with E-state index in [4.69, 9.17) is 15.2 Å². The second-order valence-corrected chi connectivity index (χ2v) is 7.97. The molecule has 0 bridgehead atoms. The predicted octanol–water partition coefficient (Wildman–Crippen LogP) is 4.94. The van der Waals surface area contributed by atoms with Crippen molar-refractivity contribution in [3.8, 4) is 11.5 Å². The van der Waals surface area contributed by atoms with Crippen LogP contribution in [0, 0.1) is 0 Å². The molecule has 0 radical (unpaired) electrons. The van der Waals surface area contributed by atoms with Crippen LogP contribution in [-0.2, 0) is 5.41 Å². The fourth-order valence-electron chi connectivity index (χ4n) is 4.22. The lowest BCUT2D eigenvalue weighted by Crippen LogP contribution is -2.38. The van der Waals surface area contributed by atoms with Gasteiger partial charge in [0.05, 0.1) is 13.2 Å². The molecule has 2 fully saturated rings. The summed E-state index contributed by atoms with van der Waals surface area (Å²) in [6.07, 6.45) is 11.2. The fraction of sp³-hybridized carbons (Fsp3) is 0.684. The average molecular weight is 382 g/mol. The summed E-state index contributed by atoms with van der Waals surface area (Å²) in [6, 6.07) is 4.23. The van der Waals surface area contributed by atoms with Gasteiger partial charge in [-0.15, -0.1) is 0 Å². The highest BCUT2D eigenvalue weighted by atomic mass is 79.9. The molecule has 1 aromatic rings. The Balaban J connectivity index is 2.03. The number of hydrogen-bond donors (Lipinski definition) is 1. The molecule has 0 amide bonds. The Labute approximate surface area is 148 Å². The Bertz CT molecular complexity index is 534. The van der Waals surface area contributed by atoms with Crippen LogP contribution in [0.1, 0.15) is 63.4 Å². The molecule has 2 N–H and O–H groups in total. The maximum atomic E-state index is 6.46. The SMILES string of the molecule is COc1cc(Br)cc(C2(CN)CCCCC2)c1OC1CCCC1. The summed E-state index contributed by atoms with van der Waals surface area (Å²) < 4.78 is 13.2. The highest BCUT2D eigenvalue weighted by Crippen LogP contribution is 2.48. The van der Waals surface area contributed by atoms with E-state index in [-0.39, 0.29) is 5.41 Å². The maximum absolute atomic E-state index is 6.46. The van der Waals surface area contributed by atoms with Gasteiger partial charge in [0.25, 0.3) is 0 Å². The molecule has 3 nitrogen and oxygen atoms in total. The van der Waals surface area contributed by atoms with Crippen LogP contribution in [-0.4, -0.2) is 19.8 Å². The number of methoxy groups -OCH3 is 1. The van der Waals surface area contributed by atoms with E-state index in [1.807, 2.05) is 6.07 Å². The van der Waals surface area contributed by atoms with Crippen molar-refractivity contribution in [1.29, 1.82) is 0 Å². The third-order valence-corrected chi connectivity index (χ3v) is 6.06. The van der Waals surface area contributed by atoms with Gasteiger partial charge in [-0.1, -0.05) is 35.2 Å². The maximum Gasteiger partial charge on any atom is 0.165 e. The van der Waals surface area contributed by atoms with Crippen LogP contribution in [0.25, 0.3) is 0 Å². The topological polar surface area (TPSA) is 44.5 Å². The molecule has 0 heterocycles. The zero-order chi connectivity index (χ0) is 16.3. The van der Waals surface area contributed by atoms with E-state index >= 15 is 0 Å². The van der Waals surface area contributed by atoms with E-state index in [1.165, 1.54) is 37.7 Å². The van der Waals surface area contributed by atoms with Crippen molar-refractivity contribution in [3.63, 3.8) is 0 Å². The van der Waals surface area contributed by atoms with Gasteiger partial charge in [0.1, 0.15) is 0 Å². The summed E-state index contributed by atoms with van der Waals surface area (Å²) in [6.45, 7) is 0.674. The number of halogens is 1. The summed E-state index contributed by atoms with van der Waals surface area (Å²) in [5.41, 5.74) is 7.56. The van der Waals surface area contributed by atoms with Crippen molar-refractivity contribution in [2.75, 3.05) is 13.7 Å². The van der Waals surface area contributed by atoms with Crippen molar-refractivity contribution < 1.29 is 9.47 Å². The fourth-order valence-corrected chi connectivity index (χ4v) is 4.66. The van der Waals surface area contributed by atoms with Gasteiger partial charge in [0.2, 0.25) is 0 Å². The number of rotatable bonds is 5. The van der Waals surface area contributed by atoms with Gasteiger partial charge in [-0.2, -0.15) is 0 Å². The van der Waals surface area contributed by atoms with E-state index in [0.29, 0.717) is 12.6 Å². The molecule has 2 aliphatic carbocycles. The molecule has 0 saturated heterocycles. The van der Waals surface area contributed by atoms with Gasteiger partial charge >= 0.3 is 0 Å². The van der Waals surface area contributed by atoms with E-state index in [1.54, 1.807) is 7.11 Å². The monoisotopic (exact) mass is 381 g/mol. The minimum absolute atomic E-state index is 0.0310. The average Bonchev–Trinajstić information content (AvgIpc) is 3.09. The lowest BCUT2D eigenvalue weighted by Gasteiger charge is -2.38. The summed E-state index contributed by atoms with van der Waals surface area (Å²) in [4.78, 5) is 0. The molecule has 0 atom stereocenters. The van der Waals surface area contributed by atoms with Gasteiger partial charge in [-0.05, 0) is 50.7 Å². The molecular formula is C19H28BrNO2. The van der Waals surface area contributed by atoms with E-state index < -0.39 is 0 Å². The van der Waals surface area contributed by atoms with Crippen molar-refractivity contribution >= 4 is 15.9 Å². The first-order valence-electron chi connectivity index (χ1n) is 8.93. The molecule has 0 spiro atoms. The smallest absolute Gasteiger partial charge is 0.165 e. The standard InChI is InChI=1S/C19H28BrNO2/c1-22-17-12-14(20)11-16(18(17)23-15-7-3-4-8-15)19(13-21)9-5-2-6-10-19/h11-12,15H,2-10,13,21H2,1H3. The minimum Gasteiger partial charge on any atom is -0.493 e. The van der Waals surface area contributed by atoms with Crippen LogP contribution in [0.15, 0.2) is 16.6 Å². The lowest BCUT2D eigenvalue weighted by atomic mass is 9.69. The Kier molecular flexibility index (Phi) is 5.53. The first kappa shape index (κ1) is 17.1. The van der Waals surface area contributed by atoms with Crippen LogP contribution in [0.2, 0.25) is 0 Å². The Morgan fingerprint density at radius 2 is 1.83 bits per heavy atom. The molecule has 0 aromatic heterocycles. The second kappa shape index (κ2) is 7.43. The number of hydrogen-bond acceptors (Lipinski definition) is 3. The van der Waals surface area contributed by atoms with Crippen LogP contribution < -0.4 is 15.2 Å². The summed E-state index contributed by atoms with van der Waals surface area (Å²) in [5.74, 6) is 1.77. The third-order valence-electron chi connectivity index (χ3n) is 5.60. The van der Waals surface area contributed by atoms with Gasteiger partial charge in [0.15, 0.2) is 11.5 Å². The molecule has 23 heavy (non-hydrogen) atoms. The predicted molar refractivity (Wildman–Crippen MR) is 97.4 cm³/mol. The minimum atomic E-state index is 0.0310. The highest BCUT2D eigenvalue weighted by molar-refractivity contribution is 9.10. The first-order valence-corrected chi connectivity index (χ1v) is 9.72. The molecule has 4 heteroatoms. The molecule has 0 aliphatic heterocycles. The Morgan fingerprint density at radius 1 is 1.13 bits per heavy atom. The van der Waals surface area contributed by atoms with Gasteiger partial charge < -0.3 is 15.2 Å². The third kappa shape index (κ3) is 3.53. The molecule has 128 valence electrons. The van der Waals surface area contributed by atoms with Crippen molar-refractivity contribution in [2.24, 2.45) is 5.73 Å². The van der Waals surface area contributed by atoms with Crippen LogP contribution in [0.4, 0.5) is 0 Å². The van der Waals surface area contributed by atoms with Gasteiger partial charge in [-0.3, -0.25) is 0 Å². The Morgan fingerprint density at radius 3 is 2.43 bits per heavy atom. The normalized spacial score (nSPS) is 21.3. The molecule has 1 aromatic carbocycles. The van der Waals surface area contributed by atoms with E-state index in [9.17, 15) is 0 Å². The Hall–Kier alpha value is -0.740. The van der Waals surface area contributed by atoms with Crippen molar-refractivity contribution in [2.45, 2.75) is 69.3 Å². The zero-order valence-corrected chi connectivity index (χ0v) is 15.7. The number of nitrogens with two attached hydrogens (primary N) is 1. The highest BCUT2D eigenvalue weighted by Gasteiger charge is 2.37. The van der Waals surface area contributed by atoms with E-state index in [0.717, 1.165) is 41.7 Å². The second-order valence-electron chi connectivity index (χ2n) is 7.05. The number of ether oxygens (including phenoxy) is 2. The quantitative estimate of drug-likeness (QED) is 0.785. The molecular weight excluding hydrogens is 354 g/mol.